The van der Waals surface area contributed by atoms with E-state index in [2.05, 4.69) is 5.32 Å². The van der Waals surface area contributed by atoms with Crippen molar-refractivity contribution in [3.05, 3.63) is 0 Å². The molecule has 0 spiro atoms. The van der Waals surface area contributed by atoms with Crippen molar-refractivity contribution < 1.29 is 8.78 Å². The zero-order valence-corrected chi connectivity index (χ0v) is 8.99. The first-order chi connectivity index (χ1) is 6.67. The summed E-state index contributed by atoms with van der Waals surface area (Å²) in [5.74, 6) is -2.81. The zero-order chi connectivity index (χ0) is 10.4. The molecular weight excluding hydrogens is 184 g/mol. The minimum Gasteiger partial charge on any atom is -0.320 e. The molecule has 3 heteroatoms. The average molecular weight is 205 g/mol. The Bertz CT molecular complexity index is 151. The maximum absolute atomic E-state index is 13.6. The summed E-state index contributed by atoms with van der Waals surface area (Å²) in [6.45, 7) is 0.420. The molecule has 1 aliphatic rings. The van der Waals surface area contributed by atoms with Crippen LogP contribution in [0.3, 0.4) is 0 Å². The molecule has 1 nitrogen and oxygen atoms in total. The van der Waals surface area contributed by atoms with Gasteiger partial charge in [0.15, 0.2) is 0 Å². The van der Waals surface area contributed by atoms with Gasteiger partial charge in [0.1, 0.15) is 0 Å². The highest BCUT2D eigenvalue weighted by atomic mass is 19.3. The molecule has 0 unspecified atom stereocenters. The molecule has 1 fully saturated rings. The quantitative estimate of drug-likeness (QED) is 0.695. The molecule has 14 heavy (non-hydrogen) atoms. The van der Waals surface area contributed by atoms with Gasteiger partial charge in [-0.1, -0.05) is 25.7 Å². The Hall–Kier alpha value is -0.180. The van der Waals surface area contributed by atoms with E-state index in [1.807, 2.05) is 0 Å². The summed E-state index contributed by atoms with van der Waals surface area (Å²) in [4.78, 5) is 0. The monoisotopic (exact) mass is 205 g/mol. The summed E-state index contributed by atoms with van der Waals surface area (Å²) in [6.07, 6.45) is 5.68. The van der Waals surface area contributed by atoms with Crippen molar-refractivity contribution in [3.8, 4) is 0 Å². The maximum Gasteiger partial charge on any atom is 0.252 e. The van der Waals surface area contributed by atoms with Gasteiger partial charge in [0.05, 0.1) is 0 Å². The Kier molecular flexibility index (Phi) is 4.79. The van der Waals surface area contributed by atoms with Crippen molar-refractivity contribution in [2.24, 2.45) is 5.92 Å². The summed E-state index contributed by atoms with van der Waals surface area (Å²) in [5.41, 5.74) is 0. The lowest BCUT2D eigenvalue weighted by Crippen LogP contribution is -2.31. The zero-order valence-electron chi connectivity index (χ0n) is 8.99. The molecule has 0 aromatic heterocycles. The van der Waals surface area contributed by atoms with E-state index in [4.69, 9.17) is 0 Å². The topological polar surface area (TPSA) is 12.0 Å². The second kappa shape index (κ2) is 5.64. The molecule has 1 N–H and O–H groups in total. The average Bonchev–Trinajstić information content (AvgIpc) is 2.43. The highest BCUT2D eigenvalue weighted by Crippen LogP contribution is 2.37. The van der Waals surface area contributed by atoms with Gasteiger partial charge >= 0.3 is 0 Å². The number of hydrogen-bond acceptors (Lipinski definition) is 1. The van der Waals surface area contributed by atoms with Crippen LogP contribution in [-0.2, 0) is 0 Å². The molecule has 1 aliphatic carbocycles. The number of alkyl halides is 2. The fourth-order valence-corrected chi connectivity index (χ4v) is 2.20. The standard InChI is InChI=1S/C11H21F2N/c1-14-9-8-11(12,13)10-6-4-2-3-5-7-10/h10,14H,2-9H2,1H3. The third-order valence-electron chi connectivity index (χ3n) is 3.16. The van der Waals surface area contributed by atoms with Crippen LogP contribution in [0.25, 0.3) is 0 Å². The smallest absolute Gasteiger partial charge is 0.252 e. The highest BCUT2D eigenvalue weighted by molar-refractivity contribution is 4.79. The number of rotatable bonds is 4. The maximum atomic E-state index is 13.6. The minimum atomic E-state index is -2.45. The van der Waals surface area contributed by atoms with Crippen LogP contribution in [0.1, 0.15) is 44.9 Å². The molecule has 84 valence electrons. The molecule has 0 aliphatic heterocycles. The van der Waals surface area contributed by atoms with E-state index in [1.54, 1.807) is 7.05 Å². The van der Waals surface area contributed by atoms with Crippen LogP contribution in [0.4, 0.5) is 8.78 Å². The van der Waals surface area contributed by atoms with E-state index in [-0.39, 0.29) is 12.3 Å². The van der Waals surface area contributed by atoms with Crippen LogP contribution >= 0.6 is 0 Å². The molecule has 0 heterocycles. The molecule has 0 radical (unpaired) electrons. The SMILES string of the molecule is CNCCC(F)(F)C1CCCCCC1. The number of nitrogens with one attached hydrogen (secondary N) is 1. The van der Waals surface area contributed by atoms with Crippen LogP contribution in [-0.4, -0.2) is 19.5 Å². The van der Waals surface area contributed by atoms with Gasteiger partial charge in [0.25, 0.3) is 5.92 Å². The van der Waals surface area contributed by atoms with E-state index in [1.165, 1.54) is 0 Å². The number of hydrogen-bond donors (Lipinski definition) is 1. The van der Waals surface area contributed by atoms with Crippen LogP contribution in [0.5, 0.6) is 0 Å². The third-order valence-corrected chi connectivity index (χ3v) is 3.16. The van der Waals surface area contributed by atoms with Crippen LogP contribution in [0, 0.1) is 5.92 Å². The predicted octanol–water partition coefficient (Wildman–Crippen LogP) is 3.20. The summed E-state index contributed by atoms with van der Waals surface area (Å²) in [7, 11) is 1.73. The van der Waals surface area contributed by atoms with Gasteiger partial charge in [-0.2, -0.15) is 0 Å². The van der Waals surface area contributed by atoms with Gasteiger partial charge in [-0.25, -0.2) is 8.78 Å². The van der Waals surface area contributed by atoms with Crippen LogP contribution in [0.2, 0.25) is 0 Å². The van der Waals surface area contributed by atoms with Crippen LogP contribution in [0.15, 0.2) is 0 Å². The Balaban J connectivity index is 2.41. The molecule has 0 aromatic rings. The van der Waals surface area contributed by atoms with E-state index < -0.39 is 5.92 Å². The minimum absolute atomic E-state index is 0.00579. The van der Waals surface area contributed by atoms with E-state index in [9.17, 15) is 8.78 Å². The van der Waals surface area contributed by atoms with E-state index >= 15 is 0 Å². The summed E-state index contributed by atoms with van der Waals surface area (Å²) in [6, 6.07) is 0. The lowest BCUT2D eigenvalue weighted by molar-refractivity contribution is -0.0694. The molecular formula is C11H21F2N. The summed E-state index contributed by atoms with van der Waals surface area (Å²) in [5, 5.41) is 2.80. The lowest BCUT2D eigenvalue weighted by Gasteiger charge is -2.25. The third kappa shape index (κ3) is 3.52. The highest BCUT2D eigenvalue weighted by Gasteiger charge is 2.38. The van der Waals surface area contributed by atoms with Crippen LogP contribution < -0.4 is 5.32 Å². The molecule has 0 bridgehead atoms. The Labute approximate surface area is 85.3 Å². The van der Waals surface area contributed by atoms with Crippen molar-refractivity contribution in [2.45, 2.75) is 50.9 Å². The molecule has 0 saturated heterocycles. The largest absolute Gasteiger partial charge is 0.320 e. The van der Waals surface area contributed by atoms with Gasteiger partial charge in [-0.15, -0.1) is 0 Å². The van der Waals surface area contributed by atoms with Crippen molar-refractivity contribution in [1.29, 1.82) is 0 Å². The molecule has 0 aromatic carbocycles. The molecule has 0 atom stereocenters. The van der Waals surface area contributed by atoms with E-state index in [0.717, 1.165) is 38.5 Å². The van der Waals surface area contributed by atoms with Gasteiger partial charge in [0, 0.05) is 18.9 Å². The second-order valence-electron chi connectivity index (χ2n) is 4.30. The first kappa shape index (κ1) is 11.9. The van der Waals surface area contributed by atoms with Crippen molar-refractivity contribution in [3.63, 3.8) is 0 Å². The van der Waals surface area contributed by atoms with Crippen molar-refractivity contribution >= 4 is 0 Å². The fourth-order valence-electron chi connectivity index (χ4n) is 2.20. The van der Waals surface area contributed by atoms with E-state index in [0.29, 0.717) is 6.54 Å². The van der Waals surface area contributed by atoms with Crippen molar-refractivity contribution in [1.82, 2.24) is 5.32 Å². The first-order valence-corrected chi connectivity index (χ1v) is 5.69. The second-order valence-corrected chi connectivity index (χ2v) is 4.30. The Morgan fingerprint density at radius 1 is 1.14 bits per heavy atom. The Morgan fingerprint density at radius 3 is 2.21 bits per heavy atom. The van der Waals surface area contributed by atoms with Gasteiger partial charge in [-0.05, 0) is 19.9 Å². The normalized spacial score (nSPS) is 20.8. The number of halogens is 2. The summed E-state index contributed by atoms with van der Waals surface area (Å²) < 4.78 is 27.3. The van der Waals surface area contributed by atoms with Crippen molar-refractivity contribution in [2.75, 3.05) is 13.6 Å². The van der Waals surface area contributed by atoms with Gasteiger partial charge < -0.3 is 5.32 Å². The molecule has 1 rings (SSSR count). The Morgan fingerprint density at radius 2 is 1.71 bits per heavy atom. The molecule has 0 amide bonds. The predicted molar refractivity (Wildman–Crippen MR) is 54.7 cm³/mol. The molecule has 1 saturated carbocycles. The van der Waals surface area contributed by atoms with Gasteiger partial charge in [-0.3, -0.25) is 0 Å². The fraction of sp³-hybridized carbons (Fsp3) is 1.00. The lowest BCUT2D eigenvalue weighted by atomic mass is 9.91. The first-order valence-electron chi connectivity index (χ1n) is 5.69. The van der Waals surface area contributed by atoms with Gasteiger partial charge in [0.2, 0.25) is 0 Å². The summed E-state index contributed by atoms with van der Waals surface area (Å²) >= 11 is 0.